The molecule has 0 spiro atoms. The van der Waals surface area contributed by atoms with Crippen LogP contribution in [0.5, 0.6) is 0 Å². The molecule has 0 heterocycles. The second-order valence-electron chi connectivity index (χ2n) is 2.62. The summed E-state index contributed by atoms with van der Waals surface area (Å²) >= 11 is 0. The topological polar surface area (TPSA) is 63.6 Å². The monoisotopic (exact) mass is 176 g/mol. The average Bonchev–Trinajstić information content (AvgIpc) is 1.60. The third kappa shape index (κ3) is 8.37. The van der Waals surface area contributed by atoms with E-state index in [9.17, 15) is 8.42 Å². The number of hydrogen-bond donors (Lipinski definition) is 1. The van der Waals surface area contributed by atoms with Gasteiger partial charge in [0.2, 0.25) is 0 Å². The maximum atomic E-state index is 10.1. The first-order chi connectivity index (χ1) is 4.27. The van der Waals surface area contributed by atoms with Crippen LogP contribution < -0.4 is 0 Å². The molecule has 0 fully saturated rings. The molecule has 0 aliphatic rings. The summed E-state index contributed by atoms with van der Waals surface area (Å²) in [7, 11) is -4.29. The fourth-order valence-corrected chi connectivity index (χ4v) is 1.03. The van der Waals surface area contributed by atoms with Crippen LogP contribution in [0.3, 0.4) is 0 Å². The van der Waals surface area contributed by atoms with Crippen LogP contribution in [0.25, 0.3) is 0 Å². The van der Waals surface area contributed by atoms with Gasteiger partial charge in [-0.1, -0.05) is 6.92 Å². The van der Waals surface area contributed by atoms with Crippen molar-refractivity contribution in [1.82, 2.24) is 0 Å². The molecule has 0 unspecified atom stereocenters. The van der Waals surface area contributed by atoms with E-state index < -0.39 is 16.0 Å². The molecule has 0 bridgehead atoms. The number of rotatable bonds is 3. The minimum absolute atomic E-state index is 0. The fraction of sp³-hybridized carbons (Fsp3) is 1.00. The van der Waals surface area contributed by atoms with Gasteiger partial charge in [0.1, 0.15) is 0 Å². The summed E-state index contributed by atoms with van der Waals surface area (Å²) in [5.74, 6) is 0. The summed E-state index contributed by atoms with van der Waals surface area (Å²) in [4.78, 5) is 0. The predicted molar refractivity (Wildman–Crippen MR) is 44.2 cm³/mol. The molecule has 0 rings (SSSR count). The van der Waals surface area contributed by atoms with Crippen molar-refractivity contribution in [3.05, 3.63) is 0 Å². The van der Waals surface area contributed by atoms with Crippen LogP contribution in [0.15, 0.2) is 0 Å². The fourth-order valence-electron chi connectivity index (χ4n) is 0.344. The van der Waals surface area contributed by atoms with Crippen LogP contribution in [0.2, 0.25) is 0 Å². The molecule has 0 atom stereocenters. The summed E-state index contributed by atoms with van der Waals surface area (Å²) in [6.45, 7) is 4.94. The van der Waals surface area contributed by atoms with Gasteiger partial charge >= 0.3 is 29.3 Å². The molecule has 0 radical (unpaired) electrons. The van der Waals surface area contributed by atoms with Crippen molar-refractivity contribution in [2.45, 2.75) is 32.8 Å². The zero-order chi connectivity index (χ0) is 8.41. The van der Waals surface area contributed by atoms with Crippen molar-refractivity contribution in [2.75, 3.05) is 0 Å². The molecule has 0 aromatic rings. The number of hydrogen-bond acceptors (Lipinski definition) is 3. The normalized spacial score (nSPS) is 12.4. The summed E-state index contributed by atoms with van der Waals surface area (Å²) in [5, 5.41) is 0. The summed E-state index contributed by atoms with van der Waals surface area (Å²) in [6.07, 6.45) is 0.521. The third-order valence-electron chi connectivity index (χ3n) is 1.18. The van der Waals surface area contributed by atoms with Crippen molar-refractivity contribution in [3.63, 3.8) is 0 Å². The van der Waals surface area contributed by atoms with E-state index in [1.807, 2.05) is 0 Å². The summed E-state index contributed by atoms with van der Waals surface area (Å²) in [5.41, 5.74) is -0.812. The molecule has 11 heavy (non-hydrogen) atoms. The second kappa shape index (κ2) is 4.48. The Kier molecular flexibility index (Phi) is 5.71. The zero-order valence-electron chi connectivity index (χ0n) is 6.29. The van der Waals surface area contributed by atoms with Crippen molar-refractivity contribution < 1.29 is 17.2 Å². The van der Waals surface area contributed by atoms with Gasteiger partial charge in [-0.2, -0.15) is 8.42 Å². The van der Waals surface area contributed by atoms with Crippen molar-refractivity contribution in [1.29, 1.82) is 0 Å². The Hall–Kier alpha value is 0.467. The molecular weight excluding hydrogens is 163 g/mol. The SMILES string of the molecule is CCC(C)(C)OS(=O)(=O)O.[LiH]. The van der Waals surface area contributed by atoms with E-state index >= 15 is 0 Å². The van der Waals surface area contributed by atoms with Crippen molar-refractivity contribution in [2.24, 2.45) is 0 Å². The first-order valence-corrected chi connectivity index (χ1v) is 4.31. The molecule has 0 saturated heterocycles. The van der Waals surface area contributed by atoms with Crippen LogP contribution in [0, 0.1) is 0 Å². The van der Waals surface area contributed by atoms with Crippen LogP contribution in [-0.4, -0.2) is 37.4 Å². The van der Waals surface area contributed by atoms with Crippen LogP contribution in [0.4, 0.5) is 0 Å². The standard InChI is InChI=1S/C5H12O4S.Li.H/c1-4-5(2,3)9-10(6,7)8;;/h4H2,1-3H3,(H,6,7,8);;. The van der Waals surface area contributed by atoms with E-state index in [-0.39, 0.29) is 18.9 Å². The van der Waals surface area contributed by atoms with Gasteiger partial charge in [0.05, 0.1) is 5.60 Å². The Morgan fingerprint density at radius 2 is 1.82 bits per heavy atom. The molecule has 6 heteroatoms. The Bertz CT molecular complexity index is 197. The molecule has 0 aliphatic heterocycles. The molecule has 0 aromatic carbocycles. The van der Waals surface area contributed by atoms with Gasteiger partial charge in [-0.3, -0.25) is 4.55 Å². The van der Waals surface area contributed by atoms with E-state index in [4.69, 9.17) is 4.55 Å². The average molecular weight is 176 g/mol. The van der Waals surface area contributed by atoms with Crippen molar-refractivity contribution >= 4 is 29.3 Å². The van der Waals surface area contributed by atoms with Gasteiger partial charge in [-0.05, 0) is 20.3 Å². The van der Waals surface area contributed by atoms with E-state index in [2.05, 4.69) is 4.18 Å². The van der Waals surface area contributed by atoms with Crippen LogP contribution in [0.1, 0.15) is 27.2 Å². The van der Waals surface area contributed by atoms with E-state index in [0.717, 1.165) is 0 Å². The molecule has 0 aliphatic carbocycles. The molecule has 4 nitrogen and oxygen atoms in total. The quantitative estimate of drug-likeness (QED) is 0.497. The van der Waals surface area contributed by atoms with Crippen LogP contribution in [-0.2, 0) is 14.6 Å². The van der Waals surface area contributed by atoms with Gasteiger partial charge in [0.15, 0.2) is 0 Å². The summed E-state index contributed by atoms with van der Waals surface area (Å²) < 4.78 is 32.8. The first-order valence-electron chi connectivity index (χ1n) is 2.95. The van der Waals surface area contributed by atoms with E-state index in [1.165, 1.54) is 0 Å². The van der Waals surface area contributed by atoms with Gasteiger partial charge in [-0.25, -0.2) is 4.18 Å². The molecule has 0 aromatic heterocycles. The van der Waals surface area contributed by atoms with Gasteiger partial charge < -0.3 is 0 Å². The molecular formula is C5H13LiO4S. The van der Waals surface area contributed by atoms with Crippen LogP contribution >= 0.6 is 0 Å². The summed E-state index contributed by atoms with van der Waals surface area (Å²) in [6, 6.07) is 0. The van der Waals surface area contributed by atoms with E-state index in [1.54, 1.807) is 20.8 Å². The molecule has 1 N–H and O–H groups in total. The predicted octanol–water partition coefficient (Wildman–Crippen LogP) is 0.346. The minimum atomic E-state index is -4.29. The molecule has 0 amide bonds. The maximum absolute atomic E-state index is 10.1. The van der Waals surface area contributed by atoms with Crippen molar-refractivity contribution in [3.8, 4) is 0 Å². The Morgan fingerprint density at radius 3 is 1.91 bits per heavy atom. The first kappa shape index (κ1) is 14.0. The second-order valence-corrected chi connectivity index (χ2v) is 3.65. The zero-order valence-corrected chi connectivity index (χ0v) is 7.10. The van der Waals surface area contributed by atoms with Gasteiger partial charge in [-0.15, -0.1) is 0 Å². The molecule has 0 saturated carbocycles. The Morgan fingerprint density at radius 1 is 1.45 bits per heavy atom. The van der Waals surface area contributed by atoms with Gasteiger partial charge in [0.25, 0.3) is 0 Å². The van der Waals surface area contributed by atoms with E-state index in [0.29, 0.717) is 6.42 Å². The third-order valence-corrected chi connectivity index (χ3v) is 1.84. The Labute approximate surface area is 79.4 Å². The Balaban J connectivity index is 0. The molecule has 64 valence electrons. The van der Waals surface area contributed by atoms with Gasteiger partial charge in [0, 0.05) is 0 Å².